The third-order valence-electron chi connectivity index (χ3n) is 5.17. The molecule has 0 aliphatic carbocycles. The fourth-order valence-electron chi connectivity index (χ4n) is 3.20. The summed E-state index contributed by atoms with van der Waals surface area (Å²) in [6, 6.07) is 18.7. The number of hydrogen-bond acceptors (Lipinski definition) is 5. The van der Waals surface area contributed by atoms with Crippen molar-refractivity contribution >= 4 is 29.5 Å². The maximum Gasteiger partial charge on any atom is 0.363 e. The third kappa shape index (κ3) is 4.84. The number of methoxy groups -OCH3 is 1. The second-order valence-corrected chi connectivity index (χ2v) is 7.90. The van der Waals surface area contributed by atoms with Crippen molar-refractivity contribution in [3.8, 4) is 11.5 Å². The van der Waals surface area contributed by atoms with Gasteiger partial charge in [-0.15, -0.1) is 0 Å². The third-order valence-corrected chi connectivity index (χ3v) is 5.43. The van der Waals surface area contributed by atoms with Crippen LogP contribution in [0.1, 0.15) is 27.8 Å². The number of hydrogen-bond donors (Lipinski definition) is 0. The van der Waals surface area contributed by atoms with Gasteiger partial charge in [0, 0.05) is 10.6 Å². The summed E-state index contributed by atoms with van der Waals surface area (Å²) in [5, 5.41) is 0.678. The average molecular weight is 448 g/mol. The van der Waals surface area contributed by atoms with Gasteiger partial charge in [0.2, 0.25) is 5.90 Å². The Morgan fingerprint density at radius 1 is 0.969 bits per heavy atom. The van der Waals surface area contributed by atoms with Crippen LogP contribution in [-0.4, -0.2) is 19.0 Å². The second-order valence-electron chi connectivity index (χ2n) is 7.46. The Morgan fingerprint density at radius 2 is 1.75 bits per heavy atom. The highest BCUT2D eigenvalue weighted by molar-refractivity contribution is 6.30. The zero-order chi connectivity index (χ0) is 22.7. The molecule has 3 aromatic carbocycles. The van der Waals surface area contributed by atoms with Gasteiger partial charge in [0.1, 0.15) is 6.61 Å². The van der Waals surface area contributed by atoms with E-state index in [1.165, 1.54) is 5.56 Å². The molecule has 0 fully saturated rings. The monoisotopic (exact) mass is 447 g/mol. The van der Waals surface area contributed by atoms with E-state index in [0.717, 1.165) is 22.3 Å². The van der Waals surface area contributed by atoms with E-state index in [-0.39, 0.29) is 5.70 Å². The van der Waals surface area contributed by atoms with Crippen molar-refractivity contribution in [2.24, 2.45) is 4.99 Å². The van der Waals surface area contributed by atoms with E-state index in [1.807, 2.05) is 62.4 Å². The maximum absolute atomic E-state index is 12.3. The molecular formula is C26H22ClNO4. The number of ether oxygens (including phenoxy) is 3. The zero-order valence-corrected chi connectivity index (χ0v) is 18.8. The molecule has 0 aromatic heterocycles. The Balaban J connectivity index is 1.54. The molecule has 0 spiro atoms. The Labute approximate surface area is 191 Å². The number of carbonyl (C=O) groups is 1. The van der Waals surface area contributed by atoms with Crippen molar-refractivity contribution in [2.45, 2.75) is 20.5 Å². The molecule has 3 aromatic rings. The van der Waals surface area contributed by atoms with Gasteiger partial charge in [-0.2, -0.15) is 0 Å². The highest BCUT2D eigenvalue weighted by Crippen LogP contribution is 2.30. The van der Waals surface area contributed by atoms with Gasteiger partial charge < -0.3 is 14.2 Å². The number of halogens is 1. The number of aryl methyl sites for hydroxylation is 2. The van der Waals surface area contributed by atoms with Crippen LogP contribution in [0.3, 0.4) is 0 Å². The molecule has 0 N–H and O–H groups in total. The Kier molecular flexibility index (Phi) is 6.28. The molecule has 6 heteroatoms. The fourth-order valence-corrected chi connectivity index (χ4v) is 3.33. The number of benzene rings is 3. The largest absolute Gasteiger partial charge is 0.493 e. The topological polar surface area (TPSA) is 57.1 Å². The van der Waals surface area contributed by atoms with E-state index >= 15 is 0 Å². The summed E-state index contributed by atoms with van der Waals surface area (Å²) in [5.74, 6) is 0.968. The smallest absolute Gasteiger partial charge is 0.363 e. The lowest BCUT2D eigenvalue weighted by atomic mass is 10.1. The summed E-state index contributed by atoms with van der Waals surface area (Å²) in [7, 11) is 1.57. The Hall–Kier alpha value is -3.57. The highest BCUT2D eigenvalue weighted by Gasteiger charge is 2.24. The SMILES string of the molecule is COc1cc(C=C2N=C(c3ccc(C)c(C)c3)OC2=O)ccc1OCc1ccc(Cl)cc1. The number of esters is 1. The fraction of sp³-hybridized carbons (Fsp3) is 0.154. The zero-order valence-electron chi connectivity index (χ0n) is 18.0. The molecule has 0 saturated carbocycles. The van der Waals surface area contributed by atoms with Gasteiger partial charge in [0.05, 0.1) is 7.11 Å². The molecule has 1 heterocycles. The van der Waals surface area contributed by atoms with Crippen LogP contribution in [-0.2, 0) is 16.1 Å². The van der Waals surface area contributed by atoms with Gasteiger partial charge in [0.15, 0.2) is 17.2 Å². The molecule has 1 aliphatic heterocycles. The standard InChI is InChI=1S/C26H22ClNO4/c1-16-4-8-20(12-17(16)2)25-28-22(26(29)32-25)13-19-7-11-23(24(14-19)30-3)31-15-18-5-9-21(27)10-6-18/h4-14H,15H2,1-3H3. The first-order valence-corrected chi connectivity index (χ1v) is 10.5. The van der Waals surface area contributed by atoms with E-state index in [2.05, 4.69) is 4.99 Å². The first-order valence-electron chi connectivity index (χ1n) is 10.1. The summed E-state index contributed by atoms with van der Waals surface area (Å²) < 4.78 is 16.7. The molecule has 0 amide bonds. The summed E-state index contributed by atoms with van der Waals surface area (Å²) in [6.45, 7) is 4.42. The number of carbonyl (C=O) groups excluding carboxylic acids is 1. The number of cyclic esters (lactones) is 1. The quantitative estimate of drug-likeness (QED) is 0.349. The van der Waals surface area contributed by atoms with Crippen LogP contribution < -0.4 is 9.47 Å². The van der Waals surface area contributed by atoms with Crippen LogP contribution in [0.25, 0.3) is 6.08 Å². The van der Waals surface area contributed by atoms with E-state index in [0.29, 0.717) is 29.0 Å². The highest BCUT2D eigenvalue weighted by atomic mass is 35.5. The minimum absolute atomic E-state index is 0.232. The first kappa shape index (κ1) is 21.7. The summed E-state index contributed by atoms with van der Waals surface area (Å²) in [4.78, 5) is 16.7. The van der Waals surface area contributed by atoms with Crippen LogP contribution in [0.2, 0.25) is 5.02 Å². The van der Waals surface area contributed by atoms with E-state index < -0.39 is 5.97 Å². The van der Waals surface area contributed by atoms with Gasteiger partial charge in [-0.1, -0.05) is 35.9 Å². The predicted octanol–water partition coefficient (Wildman–Crippen LogP) is 5.89. The lowest BCUT2D eigenvalue weighted by Crippen LogP contribution is -2.05. The van der Waals surface area contributed by atoms with Gasteiger partial charge in [0.25, 0.3) is 0 Å². The van der Waals surface area contributed by atoms with Crippen LogP contribution in [0.15, 0.2) is 71.4 Å². The van der Waals surface area contributed by atoms with Gasteiger partial charge in [-0.3, -0.25) is 0 Å². The normalized spacial score (nSPS) is 14.3. The Bertz CT molecular complexity index is 1230. The van der Waals surface area contributed by atoms with Gasteiger partial charge in [-0.25, -0.2) is 9.79 Å². The minimum atomic E-state index is -0.486. The molecule has 0 bridgehead atoms. The summed E-state index contributed by atoms with van der Waals surface area (Å²) >= 11 is 5.92. The van der Waals surface area contributed by atoms with Gasteiger partial charge in [-0.05, 0) is 78.6 Å². The van der Waals surface area contributed by atoms with Crippen LogP contribution >= 0.6 is 11.6 Å². The molecule has 0 unspecified atom stereocenters. The molecule has 32 heavy (non-hydrogen) atoms. The number of aliphatic imine (C=N–C) groups is 1. The second kappa shape index (κ2) is 9.28. The number of nitrogens with zero attached hydrogens (tertiary/aromatic N) is 1. The molecule has 0 atom stereocenters. The van der Waals surface area contributed by atoms with Crippen LogP contribution in [0.5, 0.6) is 11.5 Å². The summed E-state index contributed by atoms with van der Waals surface area (Å²) in [5.41, 5.74) is 5.02. The molecule has 0 radical (unpaired) electrons. The number of rotatable bonds is 6. The van der Waals surface area contributed by atoms with Gasteiger partial charge >= 0.3 is 5.97 Å². The van der Waals surface area contributed by atoms with Crippen molar-refractivity contribution in [2.75, 3.05) is 7.11 Å². The van der Waals surface area contributed by atoms with Crippen molar-refractivity contribution in [1.29, 1.82) is 0 Å². The summed E-state index contributed by atoms with van der Waals surface area (Å²) in [6.07, 6.45) is 1.67. The van der Waals surface area contributed by atoms with Crippen molar-refractivity contribution in [3.05, 3.63) is 99.2 Å². The molecule has 1 aliphatic rings. The van der Waals surface area contributed by atoms with Crippen molar-refractivity contribution in [1.82, 2.24) is 0 Å². The van der Waals surface area contributed by atoms with E-state index in [9.17, 15) is 4.79 Å². The molecule has 4 rings (SSSR count). The van der Waals surface area contributed by atoms with Crippen LogP contribution in [0, 0.1) is 13.8 Å². The Morgan fingerprint density at radius 3 is 2.47 bits per heavy atom. The lowest BCUT2D eigenvalue weighted by molar-refractivity contribution is -0.129. The average Bonchev–Trinajstić information content (AvgIpc) is 3.15. The molecule has 5 nitrogen and oxygen atoms in total. The molecule has 0 saturated heterocycles. The predicted molar refractivity (Wildman–Crippen MR) is 125 cm³/mol. The van der Waals surface area contributed by atoms with Crippen molar-refractivity contribution < 1.29 is 19.0 Å². The minimum Gasteiger partial charge on any atom is -0.493 e. The maximum atomic E-state index is 12.3. The molecule has 162 valence electrons. The van der Waals surface area contributed by atoms with E-state index in [4.69, 9.17) is 25.8 Å². The van der Waals surface area contributed by atoms with Crippen molar-refractivity contribution in [3.63, 3.8) is 0 Å². The molecular weight excluding hydrogens is 426 g/mol. The first-order chi connectivity index (χ1) is 15.4. The van der Waals surface area contributed by atoms with E-state index in [1.54, 1.807) is 25.3 Å². The lowest BCUT2D eigenvalue weighted by Gasteiger charge is -2.11. The van der Waals surface area contributed by atoms with Crippen LogP contribution in [0.4, 0.5) is 0 Å².